The third kappa shape index (κ3) is 5.21. The van der Waals surface area contributed by atoms with E-state index in [9.17, 15) is 9.59 Å². The standard InChI is InChI=1S/C9H16N4O3/c1-9(2,3)7(8(15)16)12-6(14)4-5-11-13-10/h7H,4-5H2,1-3H3,(H,12,14)(H,15,16). The second kappa shape index (κ2) is 5.97. The second-order valence-electron chi connectivity index (χ2n) is 4.41. The van der Waals surface area contributed by atoms with E-state index in [0.29, 0.717) is 0 Å². The van der Waals surface area contributed by atoms with Gasteiger partial charge in [0.2, 0.25) is 5.91 Å². The maximum atomic E-state index is 11.3. The summed E-state index contributed by atoms with van der Waals surface area (Å²) in [5.41, 5.74) is 7.44. The van der Waals surface area contributed by atoms with E-state index in [2.05, 4.69) is 15.3 Å². The molecule has 90 valence electrons. The summed E-state index contributed by atoms with van der Waals surface area (Å²) >= 11 is 0. The minimum Gasteiger partial charge on any atom is -0.480 e. The Kier molecular flexibility index (Phi) is 5.32. The van der Waals surface area contributed by atoms with Crippen LogP contribution in [-0.2, 0) is 9.59 Å². The van der Waals surface area contributed by atoms with Crippen LogP contribution in [0.15, 0.2) is 5.11 Å². The fourth-order valence-electron chi connectivity index (χ4n) is 1.08. The highest BCUT2D eigenvalue weighted by atomic mass is 16.4. The summed E-state index contributed by atoms with van der Waals surface area (Å²) in [5, 5.41) is 14.5. The SMILES string of the molecule is CC(C)(C)C(NC(=O)CCN=[N+]=[N-])C(=O)O. The van der Waals surface area contributed by atoms with Crippen LogP contribution in [0.5, 0.6) is 0 Å². The lowest BCUT2D eigenvalue weighted by molar-refractivity contribution is -0.144. The molecule has 0 heterocycles. The van der Waals surface area contributed by atoms with Crippen LogP contribution >= 0.6 is 0 Å². The summed E-state index contributed by atoms with van der Waals surface area (Å²) in [6.45, 7) is 5.19. The number of carboxylic acid groups (broad SMARTS) is 1. The summed E-state index contributed by atoms with van der Waals surface area (Å²) in [6, 6.07) is -0.953. The lowest BCUT2D eigenvalue weighted by Crippen LogP contribution is -2.49. The highest BCUT2D eigenvalue weighted by Gasteiger charge is 2.32. The normalized spacial score (nSPS) is 12.4. The number of amides is 1. The van der Waals surface area contributed by atoms with Crippen molar-refractivity contribution in [1.82, 2.24) is 5.32 Å². The van der Waals surface area contributed by atoms with Crippen molar-refractivity contribution in [2.45, 2.75) is 33.2 Å². The van der Waals surface area contributed by atoms with Crippen LogP contribution in [0.2, 0.25) is 0 Å². The maximum absolute atomic E-state index is 11.3. The zero-order valence-corrected chi connectivity index (χ0v) is 9.60. The van der Waals surface area contributed by atoms with Gasteiger partial charge in [-0.05, 0) is 10.9 Å². The van der Waals surface area contributed by atoms with Crippen LogP contribution < -0.4 is 5.32 Å². The minimum absolute atomic E-state index is 0.01000. The smallest absolute Gasteiger partial charge is 0.326 e. The number of hydrogen-bond acceptors (Lipinski definition) is 3. The molecule has 7 heteroatoms. The Morgan fingerprint density at radius 3 is 2.44 bits per heavy atom. The predicted molar refractivity (Wildman–Crippen MR) is 57.7 cm³/mol. The van der Waals surface area contributed by atoms with E-state index in [0.717, 1.165) is 0 Å². The summed E-state index contributed by atoms with van der Waals surface area (Å²) in [6.07, 6.45) is -0.01000. The zero-order chi connectivity index (χ0) is 12.8. The summed E-state index contributed by atoms with van der Waals surface area (Å²) in [5.74, 6) is -1.51. The molecule has 1 unspecified atom stereocenters. The molecule has 0 bridgehead atoms. The molecule has 0 aliphatic carbocycles. The Labute approximate surface area is 93.5 Å². The van der Waals surface area contributed by atoms with E-state index in [4.69, 9.17) is 10.6 Å². The molecule has 0 radical (unpaired) electrons. The van der Waals surface area contributed by atoms with Crippen molar-refractivity contribution in [2.75, 3.05) is 6.54 Å². The zero-order valence-electron chi connectivity index (χ0n) is 9.60. The Balaban J connectivity index is 4.36. The van der Waals surface area contributed by atoms with Gasteiger partial charge in [0.25, 0.3) is 0 Å². The Morgan fingerprint density at radius 2 is 2.06 bits per heavy atom. The van der Waals surface area contributed by atoms with Gasteiger partial charge in [-0.25, -0.2) is 4.79 Å². The summed E-state index contributed by atoms with van der Waals surface area (Å²) in [4.78, 5) is 24.7. The Bertz CT molecular complexity index is 315. The number of hydrogen-bond donors (Lipinski definition) is 2. The first-order valence-electron chi connectivity index (χ1n) is 4.82. The fraction of sp³-hybridized carbons (Fsp3) is 0.778. The van der Waals surface area contributed by atoms with Crippen molar-refractivity contribution in [3.63, 3.8) is 0 Å². The second-order valence-corrected chi connectivity index (χ2v) is 4.41. The molecule has 0 aromatic heterocycles. The van der Waals surface area contributed by atoms with Crippen LogP contribution in [-0.4, -0.2) is 29.6 Å². The van der Waals surface area contributed by atoms with Gasteiger partial charge in [0.15, 0.2) is 0 Å². The van der Waals surface area contributed by atoms with Gasteiger partial charge in [-0.1, -0.05) is 25.9 Å². The molecule has 2 N–H and O–H groups in total. The van der Waals surface area contributed by atoms with E-state index in [1.54, 1.807) is 20.8 Å². The third-order valence-corrected chi connectivity index (χ3v) is 1.92. The highest BCUT2D eigenvalue weighted by molar-refractivity contribution is 5.84. The van der Waals surface area contributed by atoms with E-state index in [1.807, 2.05) is 0 Å². The molecular weight excluding hydrogens is 212 g/mol. The number of aliphatic carboxylic acids is 1. The average molecular weight is 228 g/mol. The molecule has 1 atom stereocenters. The molecule has 16 heavy (non-hydrogen) atoms. The number of rotatable bonds is 5. The van der Waals surface area contributed by atoms with E-state index < -0.39 is 23.3 Å². The molecule has 0 spiro atoms. The molecule has 0 fully saturated rings. The van der Waals surface area contributed by atoms with Gasteiger partial charge >= 0.3 is 5.97 Å². The van der Waals surface area contributed by atoms with Crippen molar-refractivity contribution in [2.24, 2.45) is 10.5 Å². The molecule has 7 nitrogen and oxygen atoms in total. The number of carbonyl (C=O) groups excluding carboxylic acids is 1. The van der Waals surface area contributed by atoms with Gasteiger partial charge in [0, 0.05) is 17.9 Å². The predicted octanol–water partition coefficient (Wildman–Crippen LogP) is 1.30. The van der Waals surface area contributed by atoms with Crippen LogP contribution in [0.3, 0.4) is 0 Å². The Hall–Kier alpha value is -1.75. The van der Waals surface area contributed by atoms with Crippen molar-refractivity contribution in [3.05, 3.63) is 10.4 Å². The third-order valence-electron chi connectivity index (χ3n) is 1.92. The molecule has 0 rings (SSSR count). The largest absolute Gasteiger partial charge is 0.480 e. The number of nitrogens with zero attached hydrogens (tertiary/aromatic N) is 3. The molecular formula is C9H16N4O3. The quantitative estimate of drug-likeness (QED) is 0.419. The lowest BCUT2D eigenvalue weighted by atomic mass is 9.86. The first kappa shape index (κ1) is 14.2. The van der Waals surface area contributed by atoms with Gasteiger partial charge < -0.3 is 10.4 Å². The molecule has 0 aliphatic heterocycles. The number of carboxylic acids is 1. The van der Waals surface area contributed by atoms with Crippen molar-refractivity contribution in [1.29, 1.82) is 0 Å². The topological polar surface area (TPSA) is 115 Å². The van der Waals surface area contributed by atoms with Crippen molar-refractivity contribution < 1.29 is 14.7 Å². The molecule has 0 aromatic rings. The molecule has 0 saturated carbocycles. The van der Waals surface area contributed by atoms with Crippen molar-refractivity contribution in [3.8, 4) is 0 Å². The van der Waals surface area contributed by atoms with Crippen LogP contribution in [0, 0.1) is 5.41 Å². The Morgan fingerprint density at radius 1 is 1.50 bits per heavy atom. The number of carbonyl (C=O) groups is 2. The first-order valence-corrected chi connectivity index (χ1v) is 4.82. The van der Waals surface area contributed by atoms with E-state index >= 15 is 0 Å². The minimum atomic E-state index is -1.08. The number of azide groups is 1. The molecule has 0 saturated heterocycles. The van der Waals surface area contributed by atoms with Gasteiger partial charge in [0.05, 0.1) is 0 Å². The number of nitrogens with one attached hydrogen (secondary N) is 1. The lowest BCUT2D eigenvalue weighted by Gasteiger charge is -2.27. The van der Waals surface area contributed by atoms with Gasteiger partial charge in [-0.2, -0.15) is 0 Å². The van der Waals surface area contributed by atoms with Crippen molar-refractivity contribution >= 4 is 11.9 Å². The molecule has 0 aromatic carbocycles. The van der Waals surface area contributed by atoms with Gasteiger partial charge in [0.1, 0.15) is 6.04 Å². The summed E-state index contributed by atoms with van der Waals surface area (Å²) < 4.78 is 0. The highest BCUT2D eigenvalue weighted by Crippen LogP contribution is 2.19. The monoisotopic (exact) mass is 228 g/mol. The van der Waals surface area contributed by atoms with Crippen LogP contribution in [0.1, 0.15) is 27.2 Å². The van der Waals surface area contributed by atoms with Crippen LogP contribution in [0.4, 0.5) is 0 Å². The van der Waals surface area contributed by atoms with Gasteiger partial charge in [-0.15, -0.1) is 0 Å². The summed E-state index contributed by atoms with van der Waals surface area (Å²) in [7, 11) is 0. The molecule has 1 amide bonds. The maximum Gasteiger partial charge on any atom is 0.326 e. The average Bonchev–Trinajstić information content (AvgIpc) is 2.12. The van der Waals surface area contributed by atoms with Crippen LogP contribution in [0.25, 0.3) is 10.4 Å². The molecule has 0 aliphatic rings. The van der Waals surface area contributed by atoms with E-state index in [1.165, 1.54) is 0 Å². The fourth-order valence-corrected chi connectivity index (χ4v) is 1.08. The van der Waals surface area contributed by atoms with E-state index in [-0.39, 0.29) is 13.0 Å². The van der Waals surface area contributed by atoms with Gasteiger partial charge in [-0.3, -0.25) is 4.79 Å². The first-order chi connectivity index (χ1) is 7.29.